The van der Waals surface area contributed by atoms with E-state index in [0.29, 0.717) is 0 Å². The van der Waals surface area contributed by atoms with Gasteiger partial charge in [0.2, 0.25) is 0 Å². The fourth-order valence-corrected chi connectivity index (χ4v) is 3.00. The zero-order valence-electron chi connectivity index (χ0n) is 11.8. The lowest BCUT2D eigenvalue weighted by atomic mass is 9.88. The van der Waals surface area contributed by atoms with Crippen LogP contribution in [0.1, 0.15) is 30.4 Å². The molecule has 0 heterocycles. The van der Waals surface area contributed by atoms with Crippen molar-refractivity contribution in [2.45, 2.75) is 44.2 Å². The topological polar surface area (TPSA) is 78.4 Å². The number of amides is 2. The van der Waals surface area contributed by atoms with E-state index in [-0.39, 0.29) is 18.0 Å². The number of aryl methyl sites for hydroxylation is 1. The van der Waals surface area contributed by atoms with Crippen LogP contribution in [-0.4, -0.2) is 29.2 Å². The summed E-state index contributed by atoms with van der Waals surface area (Å²) in [6.07, 6.45) is 4.42. The number of rotatable bonds is 4. The summed E-state index contributed by atoms with van der Waals surface area (Å²) in [6, 6.07) is 7.22. The summed E-state index contributed by atoms with van der Waals surface area (Å²) in [7, 11) is 0. The number of hydrogen-bond donors (Lipinski definition) is 3. The largest absolute Gasteiger partial charge is 0.480 e. The molecule has 2 atom stereocenters. The minimum atomic E-state index is -0.943. The summed E-state index contributed by atoms with van der Waals surface area (Å²) in [6.45, 7) is 0. The van der Waals surface area contributed by atoms with Crippen molar-refractivity contribution in [3.05, 3.63) is 35.4 Å². The molecule has 2 aliphatic carbocycles. The zero-order chi connectivity index (χ0) is 14.8. The summed E-state index contributed by atoms with van der Waals surface area (Å²) in [4.78, 5) is 23.1. The molecule has 1 aromatic rings. The summed E-state index contributed by atoms with van der Waals surface area (Å²) >= 11 is 0. The molecule has 5 nitrogen and oxygen atoms in total. The Morgan fingerprint density at radius 2 is 1.86 bits per heavy atom. The van der Waals surface area contributed by atoms with Crippen LogP contribution >= 0.6 is 0 Å². The molecular weight excluding hydrogens is 268 g/mol. The highest BCUT2D eigenvalue weighted by Crippen LogP contribution is 2.32. The van der Waals surface area contributed by atoms with E-state index in [1.165, 1.54) is 11.1 Å². The van der Waals surface area contributed by atoms with Crippen LogP contribution in [0.15, 0.2) is 24.3 Å². The van der Waals surface area contributed by atoms with E-state index in [4.69, 9.17) is 5.11 Å². The second-order valence-corrected chi connectivity index (χ2v) is 5.98. The number of fused-ring (bicyclic) bond motifs is 1. The third-order valence-electron chi connectivity index (χ3n) is 4.33. The van der Waals surface area contributed by atoms with Crippen molar-refractivity contribution in [1.82, 2.24) is 10.6 Å². The van der Waals surface area contributed by atoms with Gasteiger partial charge in [-0.2, -0.15) is 0 Å². The average Bonchev–Trinajstić information content (AvgIpc) is 3.29. The Kier molecular flexibility index (Phi) is 3.82. The van der Waals surface area contributed by atoms with Gasteiger partial charge >= 0.3 is 12.0 Å². The van der Waals surface area contributed by atoms with Crippen molar-refractivity contribution >= 4 is 12.0 Å². The molecule has 0 spiro atoms. The smallest absolute Gasteiger partial charge is 0.326 e. The molecule has 112 valence electrons. The molecule has 0 aromatic heterocycles. The lowest BCUT2D eigenvalue weighted by Gasteiger charge is -2.26. The molecule has 2 unspecified atom stereocenters. The van der Waals surface area contributed by atoms with Crippen molar-refractivity contribution in [2.24, 2.45) is 5.92 Å². The van der Waals surface area contributed by atoms with Crippen LogP contribution in [0.2, 0.25) is 0 Å². The Morgan fingerprint density at radius 1 is 1.14 bits per heavy atom. The minimum absolute atomic E-state index is 0.0774. The van der Waals surface area contributed by atoms with E-state index in [1.54, 1.807) is 0 Å². The summed E-state index contributed by atoms with van der Waals surface area (Å²) in [5, 5.41) is 14.6. The van der Waals surface area contributed by atoms with Crippen molar-refractivity contribution in [1.29, 1.82) is 0 Å². The lowest BCUT2D eigenvalue weighted by Crippen LogP contribution is -2.51. The van der Waals surface area contributed by atoms with Gasteiger partial charge in [0.1, 0.15) is 6.04 Å². The van der Waals surface area contributed by atoms with Gasteiger partial charge in [0.05, 0.1) is 0 Å². The number of aliphatic carboxylic acids is 1. The van der Waals surface area contributed by atoms with E-state index in [2.05, 4.69) is 22.8 Å². The van der Waals surface area contributed by atoms with Crippen molar-refractivity contribution in [3.63, 3.8) is 0 Å². The molecule has 5 heteroatoms. The first-order valence-electron chi connectivity index (χ1n) is 7.50. The molecule has 1 saturated carbocycles. The van der Waals surface area contributed by atoms with Crippen LogP contribution in [0.3, 0.4) is 0 Å². The molecule has 0 radical (unpaired) electrons. The average molecular weight is 288 g/mol. The number of carbonyl (C=O) groups excluding carboxylic acids is 1. The van der Waals surface area contributed by atoms with Crippen molar-refractivity contribution in [2.75, 3.05) is 0 Å². The molecule has 0 saturated heterocycles. The number of benzene rings is 1. The Morgan fingerprint density at radius 3 is 2.52 bits per heavy atom. The van der Waals surface area contributed by atoms with Gasteiger partial charge in [0.15, 0.2) is 0 Å². The van der Waals surface area contributed by atoms with Gasteiger partial charge in [-0.15, -0.1) is 0 Å². The second-order valence-electron chi connectivity index (χ2n) is 5.98. The number of carbonyl (C=O) groups is 2. The first-order valence-corrected chi connectivity index (χ1v) is 7.50. The number of nitrogens with one attached hydrogen (secondary N) is 2. The molecule has 2 amide bonds. The second kappa shape index (κ2) is 5.76. The van der Waals surface area contributed by atoms with Crippen LogP contribution in [0.4, 0.5) is 4.79 Å². The van der Waals surface area contributed by atoms with E-state index in [9.17, 15) is 9.59 Å². The van der Waals surface area contributed by atoms with Gasteiger partial charge in [-0.25, -0.2) is 9.59 Å². The molecule has 0 bridgehead atoms. The maximum Gasteiger partial charge on any atom is 0.326 e. The van der Waals surface area contributed by atoms with Gasteiger partial charge in [-0.1, -0.05) is 24.3 Å². The zero-order valence-corrected chi connectivity index (χ0v) is 11.8. The summed E-state index contributed by atoms with van der Waals surface area (Å²) in [5.74, 6) is -0.845. The summed E-state index contributed by atoms with van der Waals surface area (Å²) in [5.41, 5.74) is 2.61. The maximum atomic E-state index is 12.0. The fourth-order valence-electron chi connectivity index (χ4n) is 3.00. The monoisotopic (exact) mass is 288 g/mol. The minimum Gasteiger partial charge on any atom is -0.480 e. The third kappa shape index (κ3) is 3.35. The number of urea groups is 1. The molecule has 1 aromatic carbocycles. The summed E-state index contributed by atoms with van der Waals surface area (Å²) < 4.78 is 0. The molecule has 1 fully saturated rings. The van der Waals surface area contributed by atoms with Gasteiger partial charge in [-0.05, 0) is 49.1 Å². The van der Waals surface area contributed by atoms with Crippen LogP contribution < -0.4 is 10.6 Å². The van der Waals surface area contributed by atoms with E-state index < -0.39 is 12.0 Å². The van der Waals surface area contributed by atoms with Crippen molar-refractivity contribution in [3.8, 4) is 0 Å². The molecule has 3 N–H and O–H groups in total. The highest BCUT2D eigenvalue weighted by molar-refractivity contribution is 5.83. The van der Waals surface area contributed by atoms with Crippen molar-refractivity contribution < 1.29 is 14.7 Å². The SMILES string of the molecule is O=C(NC1CCc2ccccc2C1)NC(C(=O)O)C1CC1. The van der Waals surface area contributed by atoms with E-state index >= 15 is 0 Å². The van der Waals surface area contributed by atoms with Crippen LogP contribution in [-0.2, 0) is 17.6 Å². The van der Waals surface area contributed by atoms with Gasteiger partial charge in [0.25, 0.3) is 0 Å². The van der Waals surface area contributed by atoms with Gasteiger partial charge in [-0.3, -0.25) is 0 Å². The van der Waals surface area contributed by atoms with Gasteiger partial charge < -0.3 is 15.7 Å². The van der Waals surface area contributed by atoms with E-state index in [1.807, 2.05) is 12.1 Å². The molecule has 21 heavy (non-hydrogen) atoms. The molecule has 3 rings (SSSR count). The molecular formula is C16H20N2O3. The van der Waals surface area contributed by atoms with Gasteiger partial charge in [0, 0.05) is 6.04 Å². The predicted molar refractivity (Wildman–Crippen MR) is 78.1 cm³/mol. The Balaban J connectivity index is 1.55. The number of carboxylic acids is 1. The fraction of sp³-hybridized carbons (Fsp3) is 0.500. The quantitative estimate of drug-likeness (QED) is 0.789. The molecule has 0 aliphatic heterocycles. The Bertz CT molecular complexity index is 554. The lowest BCUT2D eigenvalue weighted by molar-refractivity contribution is -0.139. The van der Waals surface area contributed by atoms with Crippen LogP contribution in [0.25, 0.3) is 0 Å². The normalized spacial score (nSPS) is 22.0. The number of carboxylic acid groups (broad SMARTS) is 1. The van der Waals surface area contributed by atoms with E-state index in [0.717, 1.165) is 32.1 Å². The molecule has 2 aliphatic rings. The standard InChI is InChI=1S/C16H20N2O3/c19-15(20)14(11-5-6-11)18-16(21)17-13-8-7-10-3-1-2-4-12(10)9-13/h1-4,11,13-14H,5-9H2,(H,19,20)(H2,17,18,21). The predicted octanol–water partition coefficient (Wildman–Crippen LogP) is 1.71. The highest BCUT2D eigenvalue weighted by Gasteiger charge is 2.37. The number of hydrogen-bond acceptors (Lipinski definition) is 2. The Labute approximate surface area is 123 Å². The van der Waals surface area contributed by atoms with Crippen LogP contribution in [0, 0.1) is 5.92 Å². The third-order valence-corrected chi connectivity index (χ3v) is 4.33. The Hall–Kier alpha value is -2.04. The highest BCUT2D eigenvalue weighted by atomic mass is 16.4. The first kappa shape index (κ1) is 13.9. The van der Waals surface area contributed by atoms with Crippen LogP contribution in [0.5, 0.6) is 0 Å². The maximum absolute atomic E-state index is 12.0. The first-order chi connectivity index (χ1) is 10.1.